The third-order valence-electron chi connectivity index (χ3n) is 3.73. The van der Waals surface area contributed by atoms with Gasteiger partial charge in [0.15, 0.2) is 0 Å². The molecule has 88 valence electrons. The Morgan fingerprint density at radius 1 is 1.33 bits per heavy atom. The Bertz CT molecular complexity index is 203. The normalized spacial score (nSPS) is 29.5. The monoisotopic (exact) mass is 211 g/mol. The van der Waals surface area contributed by atoms with Crippen LogP contribution in [0.3, 0.4) is 0 Å². The molecule has 0 aromatic carbocycles. The molecule has 0 heterocycles. The van der Waals surface area contributed by atoms with Crippen LogP contribution in [0.25, 0.3) is 0 Å². The molecule has 0 saturated heterocycles. The molecule has 0 radical (unpaired) electrons. The zero-order valence-corrected chi connectivity index (χ0v) is 10.2. The molecule has 0 aromatic heterocycles. The fourth-order valence-electron chi connectivity index (χ4n) is 2.38. The minimum atomic E-state index is 0.129. The summed E-state index contributed by atoms with van der Waals surface area (Å²) in [6, 6.07) is 0.129. The quantitative estimate of drug-likeness (QED) is 0.727. The summed E-state index contributed by atoms with van der Waals surface area (Å²) in [6.45, 7) is 4.30. The molecule has 15 heavy (non-hydrogen) atoms. The summed E-state index contributed by atoms with van der Waals surface area (Å²) in [5.41, 5.74) is 6.08. The highest BCUT2D eigenvalue weighted by atomic mass is 16.1. The van der Waals surface area contributed by atoms with Gasteiger partial charge in [-0.2, -0.15) is 0 Å². The lowest BCUT2D eigenvalue weighted by Crippen LogP contribution is -2.35. The lowest BCUT2D eigenvalue weighted by Gasteiger charge is -2.21. The molecule has 2 nitrogen and oxygen atoms in total. The molecule has 1 rings (SSSR count). The third-order valence-corrected chi connectivity index (χ3v) is 3.73. The van der Waals surface area contributed by atoms with Gasteiger partial charge in [0, 0.05) is 18.4 Å². The third kappa shape index (κ3) is 3.94. The van der Waals surface area contributed by atoms with E-state index in [9.17, 15) is 4.79 Å². The maximum Gasteiger partial charge on any atom is 0.137 e. The Labute approximate surface area is 93.6 Å². The van der Waals surface area contributed by atoms with Gasteiger partial charge in [0.2, 0.25) is 0 Å². The molecule has 0 spiro atoms. The highest BCUT2D eigenvalue weighted by Crippen LogP contribution is 2.25. The number of ketones is 1. The molecule has 2 N–H and O–H groups in total. The van der Waals surface area contributed by atoms with Crippen LogP contribution >= 0.6 is 0 Å². The molecule has 0 amide bonds. The van der Waals surface area contributed by atoms with Crippen molar-refractivity contribution >= 4 is 5.78 Å². The van der Waals surface area contributed by atoms with Crippen LogP contribution in [0.15, 0.2) is 0 Å². The molecule has 2 heteroatoms. The maximum absolute atomic E-state index is 12.1. The van der Waals surface area contributed by atoms with Crippen LogP contribution in [0.5, 0.6) is 0 Å². The van der Waals surface area contributed by atoms with Crippen molar-refractivity contribution in [3.8, 4) is 0 Å². The van der Waals surface area contributed by atoms with E-state index in [1.807, 2.05) is 0 Å². The number of nitrogens with two attached hydrogens (primary N) is 1. The van der Waals surface area contributed by atoms with Crippen LogP contribution in [-0.4, -0.2) is 11.8 Å². The Balaban J connectivity index is 2.48. The molecular formula is C13H25NO. The first-order valence-corrected chi connectivity index (χ1v) is 6.43. The number of hydrogen-bond donors (Lipinski definition) is 1. The highest BCUT2D eigenvalue weighted by molar-refractivity contribution is 5.81. The zero-order valence-electron chi connectivity index (χ0n) is 10.2. The summed E-state index contributed by atoms with van der Waals surface area (Å²) in [5, 5.41) is 0. The van der Waals surface area contributed by atoms with Crippen molar-refractivity contribution in [1.29, 1.82) is 0 Å². The Morgan fingerprint density at radius 2 is 2.00 bits per heavy atom. The summed E-state index contributed by atoms with van der Waals surface area (Å²) in [5.74, 6) is 1.09. The molecule has 0 aliphatic heterocycles. The van der Waals surface area contributed by atoms with Gasteiger partial charge in [-0.25, -0.2) is 0 Å². The first-order valence-electron chi connectivity index (χ1n) is 6.43. The van der Waals surface area contributed by atoms with Crippen molar-refractivity contribution in [1.82, 2.24) is 0 Å². The molecular weight excluding hydrogens is 186 g/mol. The minimum Gasteiger partial charge on any atom is -0.327 e. The standard InChI is InChI=1S/C13H25NO/c1-3-10(2)9-13(15)11-7-5-4-6-8-12(11)14/h10-12H,3-9,14H2,1-2H3. The predicted molar refractivity (Wildman–Crippen MR) is 63.6 cm³/mol. The second-order valence-electron chi connectivity index (χ2n) is 5.09. The minimum absolute atomic E-state index is 0.129. The van der Waals surface area contributed by atoms with Crippen molar-refractivity contribution in [2.75, 3.05) is 0 Å². The lowest BCUT2D eigenvalue weighted by atomic mass is 9.86. The molecule has 0 bridgehead atoms. The van der Waals surface area contributed by atoms with Crippen LogP contribution in [0, 0.1) is 11.8 Å². The molecule has 3 unspecified atom stereocenters. The number of Topliss-reactive ketones (excluding diaryl/α,β-unsaturated/α-hetero) is 1. The van der Waals surface area contributed by atoms with Gasteiger partial charge in [0.25, 0.3) is 0 Å². The molecule has 1 saturated carbocycles. The van der Waals surface area contributed by atoms with Gasteiger partial charge in [-0.15, -0.1) is 0 Å². The van der Waals surface area contributed by atoms with E-state index in [0.29, 0.717) is 11.7 Å². The molecule has 0 aromatic rings. The Kier molecular flexibility index (Phi) is 5.30. The van der Waals surface area contributed by atoms with E-state index in [-0.39, 0.29) is 12.0 Å². The van der Waals surface area contributed by atoms with E-state index in [4.69, 9.17) is 5.73 Å². The number of hydrogen-bond acceptors (Lipinski definition) is 2. The van der Waals surface area contributed by atoms with Crippen molar-refractivity contribution in [3.05, 3.63) is 0 Å². The topological polar surface area (TPSA) is 43.1 Å². The van der Waals surface area contributed by atoms with E-state index in [0.717, 1.165) is 25.7 Å². The Hall–Kier alpha value is -0.370. The first-order chi connectivity index (χ1) is 7.15. The SMILES string of the molecule is CCC(C)CC(=O)C1CCCCCC1N. The van der Waals surface area contributed by atoms with Crippen molar-refractivity contribution in [2.24, 2.45) is 17.6 Å². The van der Waals surface area contributed by atoms with Gasteiger partial charge >= 0.3 is 0 Å². The number of rotatable bonds is 4. The average Bonchev–Trinajstić information content (AvgIpc) is 2.42. The predicted octanol–water partition coefficient (Wildman–Crippen LogP) is 2.90. The van der Waals surface area contributed by atoms with Gasteiger partial charge in [0.1, 0.15) is 5.78 Å². The molecule has 1 aliphatic carbocycles. The van der Waals surface area contributed by atoms with Gasteiger partial charge in [-0.05, 0) is 18.8 Å². The van der Waals surface area contributed by atoms with E-state index in [1.54, 1.807) is 0 Å². The fourth-order valence-corrected chi connectivity index (χ4v) is 2.38. The summed E-state index contributed by atoms with van der Waals surface area (Å²) in [4.78, 5) is 12.1. The van der Waals surface area contributed by atoms with Crippen LogP contribution in [0.1, 0.15) is 58.8 Å². The summed E-state index contributed by atoms with van der Waals surface area (Å²) in [7, 11) is 0. The molecule has 1 fully saturated rings. The van der Waals surface area contributed by atoms with E-state index in [1.165, 1.54) is 19.3 Å². The van der Waals surface area contributed by atoms with Crippen molar-refractivity contribution in [2.45, 2.75) is 64.8 Å². The van der Waals surface area contributed by atoms with E-state index in [2.05, 4.69) is 13.8 Å². The summed E-state index contributed by atoms with van der Waals surface area (Å²) in [6.07, 6.45) is 7.52. The fraction of sp³-hybridized carbons (Fsp3) is 0.923. The maximum atomic E-state index is 12.1. The van der Waals surface area contributed by atoms with E-state index < -0.39 is 0 Å². The average molecular weight is 211 g/mol. The van der Waals surface area contributed by atoms with Gasteiger partial charge in [-0.3, -0.25) is 4.79 Å². The molecule has 1 aliphatic rings. The second kappa shape index (κ2) is 6.26. The zero-order chi connectivity index (χ0) is 11.3. The van der Waals surface area contributed by atoms with Gasteiger partial charge < -0.3 is 5.73 Å². The van der Waals surface area contributed by atoms with E-state index >= 15 is 0 Å². The van der Waals surface area contributed by atoms with Crippen LogP contribution in [0.2, 0.25) is 0 Å². The van der Waals surface area contributed by atoms with Crippen LogP contribution in [0.4, 0.5) is 0 Å². The highest BCUT2D eigenvalue weighted by Gasteiger charge is 2.27. The van der Waals surface area contributed by atoms with Crippen molar-refractivity contribution < 1.29 is 4.79 Å². The largest absolute Gasteiger partial charge is 0.327 e. The smallest absolute Gasteiger partial charge is 0.137 e. The second-order valence-corrected chi connectivity index (χ2v) is 5.09. The van der Waals surface area contributed by atoms with Crippen molar-refractivity contribution in [3.63, 3.8) is 0 Å². The number of carbonyl (C=O) groups excluding carboxylic acids is 1. The summed E-state index contributed by atoms with van der Waals surface area (Å²) >= 11 is 0. The van der Waals surface area contributed by atoms with Gasteiger partial charge in [0.05, 0.1) is 0 Å². The van der Waals surface area contributed by atoms with Crippen LogP contribution in [-0.2, 0) is 4.79 Å². The molecule has 3 atom stereocenters. The first kappa shape index (κ1) is 12.7. The van der Waals surface area contributed by atoms with Crippen LogP contribution < -0.4 is 5.73 Å². The van der Waals surface area contributed by atoms with Gasteiger partial charge in [-0.1, -0.05) is 39.5 Å². The Morgan fingerprint density at radius 3 is 2.67 bits per heavy atom. The number of carbonyl (C=O) groups is 1. The summed E-state index contributed by atoms with van der Waals surface area (Å²) < 4.78 is 0. The lowest BCUT2D eigenvalue weighted by molar-refractivity contribution is -0.124.